The zero-order valence-corrected chi connectivity index (χ0v) is 17.1. The molecular formula is C23H19NO7. The Morgan fingerprint density at radius 1 is 0.871 bits per heavy atom. The maximum absolute atomic E-state index is 12.6. The van der Waals surface area contributed by atoms with E-state index in [9.17, 15) is 9.59 Å². The van der Waals surface area contributed by atoms with Gasteiger partial charge in [-0.1, -0.05) is 18.2 Å². The van der Waals surface area contributed by atoms with Gasteiger partial charge in [0.15, 0.2) is 11.3 Å². The second-order valence-corrected chi connectivity index (χ2v) is 6.46. The van der Waals surface area contributed by atoms with Gasteiger partial charge in [-0.3, -0.25) is 4.79 Å². The molecule has 8 heteroatoms. The Kier molecular flexibility index (Phi) is 5.36. The Balaban J connectivity index is 1.81. The average Bonchev–Trinajstić information content (AvgIpc) is 3.28. The van der Waals surface area contributed by atoms with E-state index in [4.69, 9.17) is 23.0 Å². The molecule has 1 amide bonds. The number of furan rings is 1. The monoisotopic (exact) mass is 421 g/mol. The van der Waals surface area contributed by atoms with Gasteiger partial charge in [-0.25, -0.2) is 4.79 Å². The molecule has 0 spiro atoms. The van der Waals surface area contributed by atoms with Gasteiger partial charge in [0.2, 0.25) is 5.75 Å². The Hall–Kier alpha value is -4.20. The summed E-state index contributed by atoms with van der Waals surface area (Å²) in [5.74, 6) is 0.772. The third-order valence-corrected chi connectivity index (χ3v) is 4.74. The SMILES string of the molecule is COc1c(-c2ccc(NC(=O)c3ccccc3)c(=O)o2)c(OC)c2ccoc2c1OC. The highest BCUT2D eigenvalue weighted by molar-refractivity contribution is 6.04. The van der Waals surface area contributed by atoms with Gasteiger partial charge < -0.3 is 28.4 Å². The van der Waals surface area contributed by atoms with Crippen LogP contribution in [-0.2, 0) is 0 Å². The van der Waals surface area contributed by atoms with E-state index >= 15 is 0 Å². The molecule has 0 atom stereocenters. The fourth-order valence-corrected chi connectivity index (χ4v) is 3.36. The Morgan fingerprint density at radius 2 is 1.58 bits per heavy atom. The van der Waals surface area contributed by atoms with Gasteiger partial charge in [0.25, 0.3) is 5.91 Å². The first-order valence-corrected chi connectivity index (χ1v) is 9.29. The van der Waals surface area contributed by atoms with Crippen molar-refractivity contribution in [3.05, 3.63) is 70.8 Å². The van der Waals surface area contributed by atoms with Crippen molar-refractivity contribution < 1.29 is 27.8 Å². The number of benzene rings is 2. The van der Waals surface area contributed by atoms with Crippen molar-refractivity contribution in [2.75, 3.05) is 26.6 Å². The molecule has 4 aromatic rings. The summed E-state index contributed by atoms with van der Waals surface area (Å²) in [7, 11) is 4.43. The van der Waals surface area contributed by atoms with Crippen LogP contribution >= 0.6 is 0 Å². The van der Waals surface area contributed by atoms with Crippen LogP contribution in [0.1, 0.15) is 10.4 Å². The normalized spacial score (nSPS) is 10.7. The van der Waals surface area contributed by atoms with Crippen LogP contribution in [0, 0.1) is 0 Å². The number of carbonyl (C=O) groups excluding carboxylic acids is 1. The van der Waals surface area contributed by atoms with Crippen molar-refractivity contribution in [3.63, 3.8) is 0 Å². The van der Waals surface area contributed by atoms with Crippen molar-refractivity contribution in [2.45, 2.75) is 0 Å². The number of fused-ring (bicyclic) bond motifs is 1. The number of anilines is 1. The lowest BCUT2D eigenvalue weighted by atomic mass is 10.0. The van der Waals surface area contributed by atoms with Gasteiger partial charge in [-0.2, -0.15) is 0 Å². The molecular weight excluding hydrogens is 402 g/mol. The lowest BCUT2D eigenvalue weighted by molar-refractivity contribution is 0.102. The van der Waals surface area contributed by atoms with Gasteiger partial charge in [0, 0.05) is 5.56 Å². The molecule has 2 heterocycles. The van der Waals surface area contributed by atoms with Crippen molar-refractivity contribution in [1.82, 2.24) is 0 Å². The van der Waals surface area contributed by atoms with E-state index in [1.807, 2.05) is 0 Å². The van der Waals surface area contributed by atoms with Crippen molar-refractivity contribution in [3.8, 4) is 28.6 Å². The quantitative estimate of drug-likeness (QED) is 0.494. The Morgan fingerprint density at radius 3 is 2.23 bits per heavy atom. The molecule has 8 nitrogen and oxygen atoms in total. The number of methoxy groups -OCH3 is 3. The topological polar surface area (TPSA) is 100 Å². The predicted molar refractivity (Wildman–Crippen MR) is 114 cm³/mol. The highest BCUT2D eigenvalue weighted by Crippen LogP contribution is 2.50. The van der Waals surface area contributed by atoms with Crippen LogP contribution in [0.4, 0.5) is 5.69 Å². The van der Waals surface area contributed by atoms with E-state index in [1.165, 1.54) is 33.7 Å². The third kappa shape index (κ3) is 3.48. The molecule has 2 aromatic carbocycles. The zero-order chi connectivity index (χ0) is 22.0. The highest BCUT2D eigenvalue weighted by atomic mass is 16.5. The number of hydrogen-bond acceptors (Lipinski definition) is 7. The molecule has 0 saturated heterocycles. The number of nitrogens with one attached hydrogen (secondary N) is 1. The van der Waals surface area contributed by atoms with Gasteiger partial charge in [-0.15, -0.1) is 0 Å². The standard InChI is InChI=1S/C23H19NO7/c1-27-18-14-11-12-30-19(14)21(29-3)20(28-2)17(18)16-10-9-15(23(26)31-16)24-22(25)13-7-5-4-6-8-13/h4-12H,1-3H3,(H,24,25). The van der Waals surface area contributed by atoms with Crippen molar-refractivity contribution in [2.24, 2.45) is 0 Å². The molecule has 31 heavy (non-hydrogen) atoms. The van der Waals surface area contributed by atoms with Gasteiger partial charge >= 0.3 is 5.63 Å². The van der Waals surface area contributed by atoms with Crippen molar-refractivity contribution in [1.29, 1.82) is 0 Å². The van der Waals surface area contributed by atoms with Gasteiger partial charge in [0.1, 0.15) is 22.8 Å². The molecule has 0 bridgehead atoms. The molecule has 0 aliphatic rings. The molecule has 2 aromatic heterocycles. The summed E-state index contributed by atoms with van der Waals surface area (Å²) in [6.07, 6.45) is 1.50. The van der Waals surface area contributed by atoms with Crippen LogP contribution in [0.2, 0.25) is 0 Å². The van der Waals surface area contributed by atoms with E-state index in [0.29, 0.717) is 33.6 Å². The van der Waals surface area contributed by atoms with Crippen LogP contribution in [0.15, 0.2) is 68.4 Å². The van der Waals surface area contributed by atoms with Crippen LogP contribution in [0.5, 0.6) is 17.2 Å². The molecule has 4 rings (SSSR count). The first-order valence-electron chi connectivity index (χ1n) is 9.29. The molecule has 0 radical (unpaired) electrons. The maximum Gasteiger partial charge on any atom is 0.360 e. The molecule has 0 aliphatic heterocycles. The minimum atomic E-state index is -0.725. The first-order chi connectivity index (χ1) is 15.1. The second-order valence-electron chi connectivity index (χ2n) is 6.46. The summed E-state index contributed by atoms with van der Waals surface area (Å²) in [5.41, 5.74) is 0.524. The third-order valence-electron chi connectivity index (χ3n) is 4.74. The molecule has 0 unspecified atom stereocenters. The van der Waals surface area contributed by atoms with Crippen LogP contribution < -0.4 is 25.2 Å². The summed E-state index contributed by atoms with van der Waals surface area (Å²) in [6, 6.07) is 13.3. The predicted octanol–water partition coefficient (Wildman–Crippen LogP) is 4.33. The Bertz CT molecular complexity index is 1310. The first kappa shape index (κ1) is 20.1. The van der Waals surface area contributed by atoms with Crippen molar-refractivity contribution >= 4 is 22.6 Å². The average molecular weight is 421 g/mol. The fraction of sp³-hybridized carbons (Fsp3) is 0.130. The van der Waals surface area contributed by atoms with Gasteiger partial charge in [0.05, 0.1) is 33.0 Å². The lowest BCUT2D eigenvalue weighted by Gasteiger charge is -2.16. The molecule has 1 N–H and O–H groups in total. The minimum absolute atomic E-state index is 0.00638. The largest absolute Gasteiger partial charge is 0.495 e. The molecule has 0 aliphatic carbocycles. The number of amides is 1. The smallest absolute Gasteiger partial charge is 0.360 e. The van der Waals surface area contributed by atoms with Crippen LogP contribution in [-0.4, -0.2) is 27.2 Å². The minimum Gasteiger partial charge on any atom is -0.495 e. The summed E-state index contributed by atoms with van der Waals surface area (Å²) < 4.78 is 27.6. The number of ether oxygens (including phenoxy) is 3. The second kappa shape index (κ2) is 8.27. The van der Waals surface area contributed by atoms with Crippen LogP contribution in [0.25, 0.3) is 22.3 Å². The Labute approximate surface area is 176 Å². The van der Waals surface area contributed by atoms with Gasteiger partial charge in [-0.05, 0) is 30.3 Å². The van der Waals surface area contributed by atoms with Crippen LogP contribution in [0.3, 0.4) is 0 Å². The van der Waals surface area contributed by atoms with E-state index in [0.717, 1.165) is 0 Å². The maximum atomic E-state index is 12.6. The molecule has 158 valence electrons. The van der Waals surface area contributed by atoms with E-state index in [2.05, 4.69) is 5.32 Å². The van der Waals surface area contributed by atoms with E-state index in [-0.39, 0.29) is 17.2 Å². The molecule has 0 saturated carbocycles. The van der Waals surface area contributed by atoms with E-state index < -0.39 is 11.5 Å². The van der Waals surface area contributed by atoms with E-state index in [1.54, 1.807) is 42.5 Å². The summed E-state index contributed by atoms with van der Waals surface area (Å²) in [6.45, 7) is 0. The summed E-state index contributed by atoms with van der Waals surface area (Å²) in [5, 5.41) is 3.19. The highest BCUT2D eigenvalue weighted by Gasteiger charge is 2.27. The summed E-state index contributed by atoms with van der Waals surface area (Å²) in [4.78, 5) is 25.0. The number of carbonyl (C=O) groups is 1. The zero-order valence-electron chi connectivity index (χ0n) is 17.1. The molecule has 0 fully saturated rings. The lowest BCUT2D eigenvalue weighted by Crippen LogP contribution is -2.17. The number of rotatable bonds is 6. The number of hydrogen-bond donors (Lipinski definition) is 1. The summed E-state index contributed by atoms with van der Waals surface area (Å²) >= 11 is 0. The fourth-order valence-electron chi connectivity index (χ4n) is 3.36.